The molecule has 0 bridgehead atoms. The number of hydrogen-bond acceptors (Lipinski definition) is 3. The van der Waals surface area contributed by atoms with Gasteiger partial charge in [0.25, 0.3) is 0 Å². The summed E-state index contributed by atoms with van der Waals surface area (Å²) >= 11 is 0. The molecule has 0 aliphatic carbocycles. The Morgan fingerprint density at radius 1 is 1.78 bits per heavy atom. The van der Waals surface area contributed by atoms with Crippen molar-refractivity contribution in [2.45, 2.75) is 6.92 Å². The summed E-state index contributed by atoms with van der Waals surface area (Å²) in [5.41, 5.74) is 9.18. The lowest BCUT2D eigenvalue weighted by molar-refractivity contribution is 0.629. The van der Waals surface area contributed by atoms with E-state index >= 15 is 0 Å². The van der Waals surface area contributed by atoms with E-state index in [0.29, 0.717) is 5.82 Å². The summed E-state index contributed by atoms with van der Waals surface area (Å²) in [6.45, 7) is 1.86. The number of aliphatic imine (C=N–C) groups is 1. The van der Waals surface area contributed by atoms with E-state index in [4.69, 9.17) is 5.73 Å². The molecule has 1 aliphatic rings. The zero-order valence-electron chi connectivity index (χ0n) is 5.55. The van der Waals surface area contributed by atoms with Crippen molar-refractivity contribution in [1.82, 2.24) is 4.90 Å². The molecule has 0 unspecified atom stereocenters. The first-order valence-electron chi connectivity index (χ1n) is 2.70. The molecule has 48 valence electrons. The van der Waals surface area contributed by atoms with Gasteiger partial charge in [0.2, 0.25) is 0 Å². The maximum absolute atomic E-state index is 5.49. The summed E-state index contributed by atoms with van der Waals surface area (Å²) in [5.74, 6) is 0.613. The van der Waals surface area contributed by atoms with Gasteiger partial charge in [-0.1, -0.05) is 5.73 Å². The second-order valence-electron chi connectivity index (χ2n) is 1.95. The lowest BCUT2D eigenvalue weighted by Gasteiger charge is -2.12. The SMILES string of the molecule is CC1=C=C(N)N(C)C=N1. The first-order valence-corrected chi connectivity index (χ1v) is 2.70. The molecule has 0 aromatic heterocycles. The molecule has 0 saturated carbocycles. The molecular weight excluding hydrogens is 114 g/mol. The van der Waals surface area contributed by atoms with Gasteiger partial charge in [0.05, 0.1) is 12.0 Å². The van der Waals surface area contributed by atoms with Crippen LogP contribution in [-0.4, -0.2) is 18.3 Å². The maximum atomic E-state index is 5.49. The van der Waals surface area contributed by atoms with Crippen molar-refractivity contribution in [2.75, 3.05) is 7.05 Å². The Labute approximate surface area is 54.2 Å². The summed E-state index contributed by atoms with van der Waals surface area (Å²) in [7, 11) is 1.83. The van der Waals surface area contributed by atoms with E-state index in [1.54, 1.807) is 11.2 Å². The molecular formula is C6H9N3. The highest BCUT2D eigenvalue weighted by Crippen LogP contribution is 1.99. The Kier molecular flexibility index (Phi) is 1.29. The number of allylic oxidation sites excluding steroid dienone is 1. The lowest BCUT2D eigenvalue weighted by Crippen LogP contribution is -2.22. The van der Waals surface area contributed by atoms with Crippen LogP contribution in [0, 0.1) is 0 Å². The number of hydrogen-bond donors (Lipinski definition) is 1. The standard InChI is InChI=1S/C6H9N3/c1-5-3-6(7)9(2)4-8-5/h4H,7H2,1-2H3. The zero-order chi connectivity index (χ0) is 6.85. The normalized spacial score (nSPS) is 17.3. The van der Waals surface area contributed by atoms with Crippen molar-refractivity contribution >= 4 is 6.34 Å². The van der Waals surface area contributed by atoms with Gasteiger partial charge < -0.3 is 10.6 Å². The van der Waals surface area contributed by atoms with Crippen LogP contribution in [-0.2, 0) is 0 Å². The van der Waals surface area contributed by atoms with E-state index in [1.165, 1.54) is 0 Å². The minimum atomic E-state index is 0.613. The van der Waals surface area contributed by atoms with E-state index < -0.39 is 0 Å². The molecule has 9 heavy (non-hydrogen) atoms. The van der Waals surface area contributed by atoms with Crippen molar-refractivity contribution in [2.24, 2.45) is 10.7 Å². The Balaban J connectivity index is 3.02. The molecule has 3 heteroatoms. The first kappa shape index (κ1) is 5.92. The van der Waals surface area contributed by atoms with E-state index in [1.807, 2.05) is 14.0 Å². The molecule has 1 aliphatic heterocycles. The summed E-state index contributed by atoms with van der Waals surface area (Å²) < 4.78 is 0. The molecule has 0 aromatic carbocycles. The molecule has 3 nitrogen and oxygen atoms in total. The third-order valence-corrected chi connectivity index (χ3v) is 1.11. The average molecular weight is 123 g/mol. The van der Waals surface area contributed by atoms with Gasteiger partial charge in [-0.05, 0) is 6.92 Å². The van der Waals surface area contributed by atoms with Crippen molar-refractivity contribution in [3.63, 3.8) is 0 Å². The quantitative estimate of drug-likeness (QED) is 0.469. The molecule has 0 saturated heterocycles. The molecule has 0 spiro atoms. The number of nitrogens with two attached hydrogens (primary N) is 1. The summed E-state index contributed by atoms with van der Waals surface area (Å²) in [4.78, 5) is 5.68. The molecule has 2 N–H and O–H groups in total. The largest absolute Gasteiger partial charge is 0.378 e. The fourth-order valence-electron chi connectivity index (χ4n) is 0.541. The summed E-state index contributed by atoms with van der Waals surface area (Å²) in [6.07, 6.45) is 1.67. The predicted octanol–water partition coefficient (Wildman–Crippen LogP) is 0.263. The first-order chi connectivity index (χ1) is 4.20. The van der Waals surface area contributed by atoms with E-state index in [2.05, 4.69) is 10.7 Å². The highest BCUT2D eigenvalue weighted by atomic mass is 15.2. The van der Waals surface area contributed by atoms with Crippen LogP contribution in [0.5, 0.6) is 0 Å². The fraction of sp³-hybridized carbons (Fsp3) is 0.333. The van der Waals surface area contributed by atoms with Crippen LogP contribution in [0.15, 0.2) is 22.2 Å². The highest BCUT2D eigenvalue weighted by Gasteiger charge is 1.98. The summed E-state index contributed by atoms with van der Waals surface area (Å²) in [6, 6.07) is 0. The predicted molar refractivity (Wildman–Crippen MR) is 36.7 cm³/mol. The van der Waals surface area contributed by atoms with Crippen molar-refractivity contribution in [3.8, 4) is 0 Å². The number of nitrogens with zero attached hydrogens (tertiary/aromatic N) is 2. The fourth-order valence-corrected chi connectivity index (χ4v) is 0.541. The Hall–Kier alpha value is -1.21. The Morgan fingerprint density at radius 2 is 2.44 bits per heavy atom. The highest BCUT2D eigenvalue weighted by molar-refractivity contribution is 5.60. The molecule has 0 aromatic rings. The van der Waals surface area contributed by atoms with Crippen LogP contribution in [0.1, 0.15) is 6.92 Å². The van der Waals surface area contributed by atoms with Crippen LogP contribution in [0.3, 0.4) is 0 Å². The number of rotatable bonds is 0. The van der Waals surface area contributed by atoms with Gasteiger partial charge in [0, 0.05) is 7.05 Å². The van der Waals surface area contributed by atoms with Crippen LogP contribution in [0.4, 0.5) is 0 Å². The zero-order valence-corrected chi connectivity index (χ0v) is 5.55. The molecule has 1 heterocycles. The smallest absolute Gasteiger partial charge is 0.151 e. The van der Waals surface area contributed by atoms with Gasteiger partial charge in [-0.15, -0.1) is 0 Å². The van der Waals surface area contributed by atoms with Gasteiger partial charge in [-0.3, -0.25) is 0 Å². The van der Waals surface area contributed by atoms with Crippen molar-refractivity contribution in [1.29, 1.82) is 0 Å². The Bertz CT molecular complexity index is 208. The van der Waals surface area contributed by atoms with Gasteiger partial charge in [-0.25, -0.2) is 4.99 Å². The third kappa shape index (κ3) is 1.12. The minimum Gasteiger partial charge on any atom is -0.378 e. The molecule has 0 fully saturated rings. The second kappa shape index (κ2) is 1.96. The van der Waals surface area contributed by atoms with Crippen LogP contribution in [0.2, 0.25) is 0 Å². The Morgan fingerprint density at radius 3 is 2.89 bits per heavy atom. The van der Waals surface area contributed by atoms with E-state index in [0.717, 1.165) is 5.70 Å². The lowest BCUT2D eigenvalue weighted by atomic mass is 10.4. The molecule has 0 atom stereocenters. The monoisotopic (exact) mass is 123 g/mol. The van der Waals surface area contributed by atoms with Crippen molar-refractivity contribution < 1.29 is 0 Å². The maximum Gasteiger partial charge on any atom is 0.151 e. The minimum absolute atomic E-state index is 0.613. The topological polar surface area (TPSA) is 41.6 Å². The van der Waals surface area contributed by atoms with E-state index in [9.17, 15) is 0 Å². The van der Waals surface area contributed by atoms with Crippen molar-refractivity contribution in [3.05, 3.63) is 17.2 Å². The third-order valence-electron chi connectivity index (χ3n) is 1.11. The van der Waals surface area contributed by atoms with Gasteiger partial charge in [0.1, 0.15) is 0 Å². The average Bonchev–Trinajstić information content (AvgIpc) is 1.80. The molecule has 0 radical (unpaired) electrons. The van der Waals surface area contributed by atoms with Gasteiger partial charge in [0.15, 0.2) is 5.82 Å². The van der Waals surface area contributed by atoms with Gasteiger partial charge >= 0.3 is 0 Å². The second-order valence-corrected chi connectivity index (χ2v) is 1.95. The van der Waals surface area contributed by atoms with Crippen LogP contribution >= 0.6 is 0 Å². The molecule has 0 amide bonds. The van der Waals surface area contributed by atoms with E-state index in [-0.39, 0.29) is 0 Å². The van der Waals surface area contributed by atoms with Gasteiger partial charge in [-0.2, -0.15) is 0 Å². The van der Waals surface area contributed by atoms with Crippen LogP contribution < -0.4 is 5.73 Å². The summed E-state index contributed by atoms with van der Waals surface area (Å²) in [5, 5.41) is 0. The van der Waals surface area contributed by atoms with Crippen LogP contribution in [0.25, 0.3) is 0 Å². The molecule has 1 rings (SSSR count).